The molecule has 0 radical (unpaired) electrons. The molecule has 1 aromatic rings. The number of pyridine rings is 1. The van der Waals surface area contributed by atoms with E-state index in [0.29, 0.717) is 0 Å². The van der Waals surface area contributed by atoms with Crippen LogP contribution in [0.1, 0.15) is 12.5 Å². The van der Waals surface area contributed by atoms with Crippen LogP contribution in [0.3, 0.4) is 0 Å². The lowest BCUT2D eigenvalue weighted by Crippen LogP contribution is -2.09. The number of nitrogens with zero attached hydrogens (tertiary/aromatic N) is 1. The zero-order valence-corrected chi connectivity index (χ0v) is 8.21. The van der Waals surface area contributed by atoms with Gasteiger partial charge in [0.15, 0.2) is 0 Å². The fourth-order valence-corrected chi connectivity index (χ4v) is 1.07. The maximum atomic E-state index is 5.22. The SMILES string of the molecule is CCOCCNc1ccncc1C. The number of nitrogens with one attached hydrogen (secondary N) is 1. The first-order valence-corrected chi connectivity index (χ1v) is 4.57. The Bertz CT molecular complexity index is 250. The van der Waals surface area contributed by atoms with Crippen LogP contribution in [0.5, 0.6) is 0 Å². The summed E-state index contributed by atoms with van der Waals surface area (Å²) in [6.07, 6.45) is 3.64. The Kier molecular flexibility index (Phi) is 4.26. The second-order valence-corrected chi connectivity index (χ2v) is 2.81. The molecule has 0 aliphatic carbocycles. The first-order chi connectivity index (χ1) is 6.34. The van der Waals surface area contributed by atoms with Gasteiger partial charge in [0.05, 0.1) is 6.61 Å². The number of hydrogen-bond donors (Lipinski definition) is 1. The van der Waals surface area contributed by atoms with E-state index in [1.165, 1.54) is 5.56 Å². The van der Waals surface area contributed by atoms with E-state index in [2.05, 4.69) is 10.3 Å². The Balaban J connectivity index is 2.32. The predicted molar refractivity (Wildman–Crippen MR) is 54.0 cm³/mol. The zero-order chi connectivity index (χ0) is 9.52. The van der Waals surface area contributed by atoms with Crippen molar-refractivity contribution >= 4 is 5.69 Å². The van der Waals surface area contributed by atoms with Crippen LogP contribution < -0.4 is 5.32 Å². The molecule has 72 valence electrons. The van der Waals surface area contributed by atoms with Gasteiger partial charge in [-0.15, -0.1) is 0 Å². The Morgan fingerprint density at radius 2 is 2.38 bits per heavy atom. The second kappa shape index (κ2) is 5.54. The van der Waals surface area contributed by atoms with Crippen molar-refractivity contribution in [2.45, 2.75) is 13.8 Å². The number of aryl methyl sites for hydroxylation is 1. The van der Waals surface area contributed by atoms with Gasteiger partial charge >= 0.3 is 0 Å². The van der Waals surface area contributed by atoms with E-state index in [1.54, 1.807) is 6.20 Å². The van der Waals surface area contributed by atoms with Gasteiger partial charge in [-0.25, -0.2) is 0 Å². The summed E-state index contributed by atoms with van der Waals surface area (Å²) in [5.74, 6) is 0. The van der Waals surface area contributed by atoms with Crippen molar-refractivity contribution in [3.8, 4) is 0 Å². The van der Waals surface area contributed by atoms with Crippen LogP contribution in [0, 0.1) is 6.92 Å². The van der Waals surface area contributed by atoms with Crippen LogP contribution >= 0.6 is 0 Å². The molecule has 0 aliphatic heterocycles. The highest BCUT2D eigenvalue weighted by atomic mass is 16.5. The summed E-state index contributed by atoms with van der Waals surface area (Å²) in [7, 11) is 0. The van der Waals surface area contributed by atoms with Crippen LogP contribution in [0.25, 0.3) is 0 Å². The van der Waals surface area contributed by atoms with Gasteiger partial charge in [0, 0.05) is 31.2 Å². The maximum Gasteiger partial charge on any atom is 0.0638 e. The highest BCUT2D eigenvalue weighted by molar-refractivity contribution is 5.48. The van der Waals surface area contributed by atoms with E-state index in [-0.39, 0.29) is 0 Å². The van der Waals surface area contributed by atoms with Gasteiger partial charge in [-0.3, -0.25) is 4.98 Å². The second-order valence-electron chi connectivity index (χ2n) is 2.81. The monoisotopic (exact) mass is 180 g/mol. The molecule has 13 heavy (non-hydrogen) atoms. The average Bonchev–Trinajstić information content (AvgIpc) is 2.15. The number of anilines is 1. The first kappa shape index (κ1) is 9.99. The fourth-order valence-electron chi connectivity index (χ4n) is 1.07. The van der Waals surface area contributed by atoms with E-state index in [1.807, 2.05) is 26.1 Å². The van der Waals surface area contributed by atoms with E-state index < -0.39 is 0 Å². The minimum absolute atomic E-state index is 0.748. The number of rotatable bonds is 5. The molecule has 0 unspecified atom stereocenters. The molecule has 0 spiro atoms. The molecule has 0 bridgehead atoms. The van der Waals surface area contributed by atoms with Crippen molar-refractivity contribution < 1.29 is 4.74 Å². The summed E-state index contributed by atoms with van der Waals surface area (Å²) >= 11 is 0. The maximum absolute atomic E-state index is 5.22. The van der Waals surface area contributed by atoms with Gasteiger partial charge in [0.2, 0.25) is 0 Å². The Morgan fingerprint density at radius 1 is 1.54 bits per heavy atom. The minimum atomic E-state index is 0.748. The molecule has 3 heteroatoms. The Morgan fingerprint density at radius 3 is 3.08 bits per heavy atom. The molecule has 0 aromatic carbocycles. The highest BCUT2D eigenvalue weighted by Gasteiger charge is 1.94. The van der Waals surface area contributed by atoms with Crippen LogP contribution in [-0.4, -0.2) is 24.7 Å². The Hall–Kier alpha value is -1.09. The summed E-state index contributed by atoms with van der Waals surface area (Å²) in [4.78, 5) is 4.02. The largest absolute Gasteiger partial charge is 0.382 e. The molecule has 0 aliphatic rings. The first-order valence-electron chi connectivity index (χ1n) is 4.57. The molecule has 0 saturated heterocycles. The van der Waals surface area contributed by atoms with Gasteiger partial charge in [-0.05, 0) is 25.5 Å². The van der Waals surface area contributed by atoms with Gasteiger partial charge in [0.1, 0.15) is 0 Å². The zero-order valence-electron chi connectivity index (χ0n) is 8.21. The molecular formula is C10H16N2O. The summed E-state index contributed by atoms with van der Waals surface area (Å²) in [5, 5.41) is 3.28. The van der Waals surface area contributed by atoms with Crippen LogP contribution in [-0.2, 0) is 4.74 Å². The molecule has 1 N–H and O–H groups in total. The third kappa shape index (κ3) is 3.42. The van der Waals surface area contributed by atoms with Crippen molar-refractivity contribution in [3.63, 3.8) is 0 Å². The third-order valence-electron chi connectivity index (χ3n) is 1.79. The van der Waals surface area contributed by atoms with Crippen molar-refractivity contribution in [1.82, 2.24) is 4.98 Å². The van der Waals surface area contributed by atoms with Gasteiger partial charge in [-0.1, -0.05) is 0 Å². The minimum Gasteiger partial charge on any atom is -0.382 e. The highest BCUT2D eigenvalue weighted by Crippen LogP contribution is 2.10. The summed E-state index contributed by atoms with van der Waals surface area (Å²) in [5.41, 5.74) is 2.30. The van der Waals surface area contributed by atoms with Crippen molar-refractivity contribution in [2.24, 2.45) is 0 Å². The smallest absolute Gasteiger partial charge is 0.0638 e. The molecule has 0 saturated carbocycles. The number of aromatic nitrogens is 1. The fraction of sp³-hybridized carbons (Fsp3) is 0.500. The van der Waals surface area contributed by atoms with Crippen molar-refractivity contribution in [2.75, 3.05) is 25.1 Å². The molecule has 0 fully saturated rings. The molecule has 1 rings (SSSR count). The summed E-state index contributed by atoms with van der Waals surface area (Å²) < 4.78 is 5.22. The molecule has 0 amide bonds. The molecule has 1 aromatic heterocycles. The molecular weight excluding hydrogens is 164 g/mol. The van der Waals surface area contributed by atoms with Crippen molar-refractivity contribution in [1.29, 1.82) is 0 Å². The summed E-state index contributed by atoms with van der Waals surface area (Å²) in [6.45, 7) is 6.40. The number of hydrogen-bond acceptors (Lipinski definition) is 3. The molecule has 0 atom stereocenters. The van der Waals surface area contributed by atoms with Gasteiger partial charge in [0.25, 0.3) is 0 Å². The van der Waals surface area contributed by atoms with Gasteiger partial charge in [-0.2, -0.15) is 0 Å². The lowest BCUT2D eigenvalue weighted by atomic mass is 10.2. The van der Waals surface area contributed by atoms with E-state index in [0.717, 1.165) is 25.4 Å². The standard InChI is InChI=1S/C10H16N2O/c1-3-13-7-6-12-10-4-5-11-8-9(10)2/h4-5,8H,3,6-7H2,1-2H3,(H,11,12). The van der Waals surface area contributed by atoms with Crippen LogP contribution in [0.4, 0.5) is 5.69 Å². The lowest BCUT2D eigenvalue weighted by Gasteiger charge is -2.08. The van der Waals surface area contributed by atoms with E-state index in [4.69, 9.17) is 4.74 Å². The molecule has 1 heterocycles. The van der Waals surface area contributed by atoms with E-state index in [9.17, 15) is 0 Å². The lowest BCUT2D eigenvalue weighted by molar-refractivity contribution is 0.158. The average molecular weight is 180 g/mol. The third-order valence-corrected chi connectivity index (χ3v) is 1.79. The number of ether oxygens (including phenoxy) is 1. The quantitative estimate of drug-likeness (QED) is 0.702. The van der Waals surface area contributed by atoms with E-state index >= 15 is 0 Å². The normalized spacial score (nSPS) is 10.0. The topological polar surface area (TPSA) is 34.1 Å². The summed E-state index contributed by atoms with van der Waals surface area (Å²) in [6, 6.07) is 1.97. The predicted octanol–water partition coefficient (Wildman–Crippen LogP) is 1.84. The van der Waals surface area contributed by atoms with Crippen molar-refractivity contribution in [3.05, 3.63) is 24.0 Å². The Labute approximate surface area is 79.1 Å². The van der Waals surface area contributed by atoms with Crippen LogP contribution in [0.15, 0.2) is 18.5 Å². The van der Waals surface area contributed by atoms with Gasteiger partial charge < -0.3 is 10.1 Å². The molecule has 3 nitrogen and oxygen atoms in total. The van der Waals surface area contributed by atoms with Crippen LogP contribution in [0.2, 0.25) is 0 Å².